The second-order valence-electron chi connectivity index (χ2n) is 8.62. The van der Waals surface area contributed by atoms with Crippen molar-refractivity contribution in [2.24, 2.45) is 0 Å². The van der Waals surface area contributed by atoms with Gasteiger partial charge in [0, 0.05) is 37.6 Å². The Balaban J connectivity index is 1.46. The van der Waals surface area contributed by atoms with Gasteiger partial charge >= 0.3 is 0 Å². The smallest absolute Gasteiger partial charge is 0.249 e. The van der Waals surface area contributed by atoms with E-state index in [-0.39, 0.29) is 30.2 Å². The van der Waals surface area contributed by atoms with E-state index in [0.717, 1.165) is 23.4 Å². The summed E-state index contributed by atoms with van der Waals surface area (Å²) in [7, 11) is 1.49. The van der Waals surface area contributed by atoms with E-state index in [1.807, 2.05) is 49.6 Å². The monoisotopic (exact) mass is 501 g/mol. The van der Waals surface area contributed by atoms with Gasteiger partial charge in [0.1, 0.15) is 23.6 Å². The number of piperazine rings is 1. The first-order valence-corrected chi connectivity index (χ1v) is 11.8. The molecule has 0 saturated carbocycles. The summed E-state index contributed by atoms with van der Waals surface area (Å²) in [4.78, 5) is 28.7. The number of hydrogen-bond acceptors (Lipinski definition) is 7. The highest BCUT2D eigenvalue weighted by Crippen LogP contribution is 2.27. The van der Waals surface area contributed by atoms with Gasteiger partial charge in [-0.2, -0.15) is 0 Å². The Bertz CT molecular complexity index is 1190. The van der Waals surface area contributed by atoms with Crippen LogP contribution in [-0.4, -0.2) is 69.2 Å². The molecule has 1 fully saturated rings. The summed E-state index contributed by atoms with van der Waals surface area (Å²) in [5.74, 6) is 0.457. The Hall–Kier alpha value is -3.24. The molecular formula is C24H29ClFN7O2. The van der Waals surface area contributed by atoms with E-state index < -0.39 is 11.3 Å². The highest BCUT2D eigenvalue weighted by atomic mass is 35.5. The van der Waals surface area contributed by atoms with Gasteiger partial charge in [-0.25, -0.2) is 19.3 Å². The maximum atomic E-state index is 14.6. The number of nitrogens with one attached hydrogen (secondary N) is 1. The van der Waals surface area contributed by atoms with Crippen LogP contribution in [0.3, 0.4) is 0 Å². The minimum atomic E-state index is -0.508. The highest BCUT2D eigenvalue weighted by Gasteiger charge is 2.29. The van der Waals surface area contributed by atoms with Gasteiger partial charge in [-0.15, -0.1) is 0 Å². The third-order valence-corrected chi connectivity index (χ3v) is 6.26. The second-order valence-corrected chi connectivity index (χ2v) is 9.12. The normalized spacial score (nSPS) is 16.1. The van der Waals surface area contributed by atoms with Crippen molar-refractivity contribution in [3.05, 3.63) is 48.3 Å². The molecule has 35 heavy (non-hydrogen) atoms. The molecule has 1 aliphatic rings. The molecule has 0 bridgehead atoms. The van der Waals surface area contributed by atoms with Crippen molar-refractivity contribution >= 4 is 34.8 Å². The Kier molecular flexibility index (Phi) is 7.51. The number of imidazole rings is 1. The Labute approximate surface area is 208 Å². The van der Waals surface area contributed by atoms with Gasteiger partial charge in [-0.1, -0.05) is 11.6 Å². The first-order valence-electron chi connectivity index (χ1n) is 11.4. The molecule has 1 atom stereocenters. The lowest BCUT2D eigenvalue weighted by atomic mass is 10.2. The van der Waals surface area contributed by atoms with Crippen molar-refractivity contribution in [1.82, 2.24) is 24.4 Å². The molecule has 0 aliphatic carbocycles. The molecule has 1 saturated heterocycles. The molecule has 3 aromatic rings. The van der Waals surface area contributed by atoms with Crippen molar-refractivity contribution in [1.29, 1.82) is 0 Å². The number of anilines is 3. The zero-order chi connectivity index (χ0) is 25.1. The fourth-order valence-corrected chi connectivity index (χ4v) is 4.61. The molecule has 1 amide bonds. The van der Waals surface area contributed by atoms with E-state index in [9.17, 15) is 9.18 Å². The number of benzene rings is 1. The molecule has 1 unspecified atom stereocenters. The third kappa shape index (κ3) is 5.38. The zero-order valence-electron chi connectivity index (χ0n) is 20.2. The summed E-state index contributed by atoms with van der Waals surface area (Å²) in [6, 6.07) is 7.82. The largest absolute Gasteiger partial charge is 0.375 e. The van der Waals surface area contributed by atoms with E-state index in [1.54, 1.807) is 11.1 Å². The van der Waals surface area contributed by atoms with E-state index in [2.05, 4.69) is 25.2 Å². The summed E-state index contributed by atoms with van der Waals surface area (Å²) in [5, 5.41) is 3.14. The Morgan fingerprint density at radius 3 is 2.63 bits per heavy atom. The molecule has 1 aliphatic heterocycles. The highest BCUT2D eigenvalue weighted by molar-refractivity contribution is 6.21. The van der Waals surface area contributed by atoms with Gasteiger partial charge in [-0.05, 0) is 45.0 Å². The number of aryl methyl sites for hydroxylation is 1. The Morgan fingerprint density at radius 2 is 1.97 bits per heavy atom. The van der Waals surface area contributed by atoms with Crippen LogP contribution in [-0.2, 0) is 9.53 Å². The molecule has 11 heteroatoms. The van der Waals surface area contributed by atoms with Crippen LogP contribution in [0.2, 0.25) is 0 Å². The van der Waals surface area contributed by atoms with Crippen LogP contribution in [0.5, 0.6) is 0 Å². The molecule has 186 valence electrons. The maximum Gasteiger partial charge on any atom is 0.249 e. The van der Waals surface area contributed by atoms with Gasteiger partial charge < -0.3 is 24.4 Å². The molecule has 2 aromatic heterocycles. The van der Waals surface area contributed by atoms with Gasteiger partial charge in [0.05, 0.1) is 24.6 Å². The SMILES string of the molecule is COCC(=O)N1CCN(c2ccc(Nc3ncc(F)c(-c4cnc(C)n4C(C)C)n3)cc2)CC1Cl. The first-order chi connectivity index (χ1) is 16.8. The summed E-state index contributed by atoms with van der Waals surface area (Å²) >= 11 is 6.45. The number of alkyl halides is 1. The van der Waals surface area contributed by atoms with Crippen LogP contribution >= 0.6 is 11.6 Å². The molecule has 4 rings (SSSR count). The second kappa shape index (κ2) is 10.6. The van der Waals surface area contributed by atoms with Crippen LogP contribution in [0.4, 0.5) is 21.7 Å². The lowest BCUT2D eigenvalue weighted by Crippen LogP contribution is -2.53. The summed E-state index contributed by atoms with van der Waals surface area (Å²) in [6.45, 7) is 7.64. The van der Waals surface area contributed by atoms with Crippen molar-refractivity contribution < 1.29 is 13.9 Å². The number of aromatic nitrogens is 4. The van der Waals surface area contributed by atoms with Gasteiger partial charge in [0.2, 0.25) is 11.9 Å². The van der Waals surface area contributed by atoms with Crippen molar-refractivity contribution in [3.8, 4) is 11.4 Å². The zero-order valence-corrected chi connectivity index (χ0v) is 21.0. The average molecular weight is 502 g/mol. The predicted molar refractivity (Wildman–Crippen MR) is 134 cm³/mol. The molecule has 0 spiro atoms. The fourth-order valence-electron chi connectivity index (χ4n) is 4.23. The topological polar surface area (TPSA) is 88.4 Å². The summed E-state index contributed by atoms with van der Waals surface area (Å²) < 4.78 is 21.5. The molecule has 1 N–H and O–H groups in total. The van der Waals surface area contributed by atoms with Crippen LogP contribution in [0, 0.1) is 12.7 Å². The van der Waals surface area contributed by atoms with Crippen molar-refractivity contribution in [3.63, 3.8) is 0 Å². The molecule has 0 radical (unpaired) electrons. The number of hydrogen-bond donors (Lipinski definition) is 1. The molecule has 3 heterocycles. The minimum absolute atomic E-state index is 0.0240. The number of rotatable bonds is 7. The van der Waals surface area contributed by atoms with Crippen LogP contribution in [0.15, 0.2) is 36.7 Å². The van der Waals surface area contributed by atoms with E-state index in [0.29, 0.717) is 25.3 Å². The standard InChI is InChI=1S/C24H29ClFN7O2/c1-15(2)33-16(3)27-12-20(33)23-19(26)11-28-24(30-23)29-17-5-7-18(8-6-17)31-9-10-32(21(25)13-31)22(34)14-35-4/h5-8,11-12,15,21H,9-10,13-14H2,1-4H3,(H,28,29,30). The number of methoxy groups -OCH3 is 1. The third-order valence-electron chi connectivity index (χ3n) is 5.88. The fraction of sp³-hybridized carbons (Fsp3) is 0.417. The number of halogens is 2. The van der Waals surface area contributed by atoms with Gasteiger partial charge in [0.15, 0.2) is 5.82 Å². The average Bonchev–Trinajstić information content (AvgIpc) is 3.22. The number of carbonyl (C=O) groups is 1. The van der Waals surface area contributed by atoms with E-state index in [4.69, 9.17) is 16.3 Å². The van der Waals surface area contributed by atoms with E-state index >= 15 is 0 Å². The first kappa shape index (κ1) is 24.9. The number of ether oxygens (including phenoxy) is 1. The molecular weight excluding hydrogens is 473 g/mol. The van der Waals surface area contributed by atoms with Crippen LogP contribution < -0.4 is 10.2 Å². The van der Waals surface area contributed by atoms with Crippen molar-refractivity contribution in [2.75, 3.05) is 43.6 Å². The minimum Gasteiger partial charge on any atom is -0.375 e. The van der Waals surface area contributed by atoms with Gasteiger partial charge in [-0.3, -0.25) is 4.79 Å². The molecule has 1 aromatic carbocycles. The number of nitrogens with zero attached hydrogens (tertiary/aromatic N) is 6. The summed E-state index contributed by atoms with van der Waals surface area (Å²) in [6.07, 6.45) is 2.79. The Morgan fingerprint density at radius 1 is 1.23 bits per heavy atom. The lowest BCUT2D eigenvalue weighted by Gasteiger charge is -2.39. The van der Waals surface area contributed by atoms with Crippen molar-refractivity contribution in [2.45, 2.75) is 32.3 Å². The molecule has 9 nitrogen and oxygen atoms in total. The van der Waals surface area contributed by atoms with Gasteiger partial charge in [0.25, 0.3) is 0 Å². The number of carbonyl (C=O) groups excluding carboxylic acids is 1. The van der Waals surface area contributed by atoms with E-state index in [1.165, 1.54) is 7.11 Å². The van der Waals surface area contributed by atoms with Crippen LogP contribution in [0.25, 0.3) is 11.4 Å². The maximum absolute atomic E-state index is 14.6. The lowest BCUT2D eigenvalue weighted by molar-refractivity contribution is -0.136. The number of amides is 1. The predicted octanol–water partition coefficient (Wildman–Crippen LogP) is 3.97. The summed E-state index contributed by atoms with van der Waals surface area (Å²) in [5.41, 5.74) is 2.11. The van der Waals surface area contributed by atoms with Crippen LogP contribution in [0.1, 0.15) is 25.7 Å². The quantitative estimate of drug-likeness (QED) is 0.387.